The topological polar surface area (TPSA) is 52.6 Å². The Morgan fingerprint density at radius 3 is 2.35 bits per heavy atom. The fourth-order valence-corrected chi connectivity index (χ4v) is 3.06. The third kappa shape index (κ3) is 3.61. The Morgan fingerprint density at radius 1 is 1.19 bits per heavy atom. The number of rotatable bonds is 4. The Labute approximate surface area is 150 Å². The number of allylic oxidation sites excluding steroid dienone is 2. The lowest BCUT2D eigenvalue weighted by Gasteiger charge is -2.39. The van der Waals surface area contributed by atoms with E-state index in [0.717, 1.165) is 6.07 Å². The van der Waals surface area contributed by atoms with E-state index >= 15 is 0 Å². The smallest absolute Gasteiger partial charge is 0.462 e. The summed E-state index contributed by atoms with van der Waals surface area (Å²) in [6.45, 7) is 7.52. The van der Waals surface area contributed by atoms with Gasteiger partial charge in [0.1, 0.15) is 5.75 Å². The number of ether oxygens (including phenoxy) is 2. The lowest BCUT2D eigenvalue weighted by Crippen LogP contribution is -2.36. The molecule has 142 valence electrons. The molecule has 0 saturated carbocycles. The Bertz CT molecular complexity index is 750. The van der Waals surface area contributed by atoms with E-state index in [-0.39, 0.29) is 23.3 Å². The van der Waals surface area contributed by atoms with Gasteiger partial charge in [0.15, 0.2) is 0 Å². The molecule has 0 aromatic heterocycles. The van der Waals surface area contributed by atoms with E-state index in [1.807, 2.05) is 32.9 Å². The van der Waals surface area contributed by atoms with Crippen LogP contribution >= 0.6 is 0 Å². The van der Waals surface area contributed by atoms with Crippen molar-refractivity contribution in [3.63, 3.8) is 0 Å². The molecule has 0 aliphatic heterocycles. The van der Waals surface area contributed by atoms with Crippen LogP contribution in [-0.2, 0) is 14.9 Å². The molecule has 0 unspecified atom stereocenters. The number of halogens is 3. The standard InChI is InChI=1S/C19H21F3O4/c1-5-25-15(23)12-7-8-13(18(4)10-6-9-17(18,2)3)14(11-12)26-16(24)19(20,21)22/h6-9,11H,5,10H2,1-4H3/t18-/m0/s1. The van der Waals surface area contributed by atoms with Crippen LogP contribution in [0.25, 0.3) is 0 Å². The Hall–Kier alpha value is -2.31. The minimum atomic E-state index is -5.14. The van der Waals surface area contributed by atoms with E-state index < -0.39 is 23.5 Å². The minimum Gasteiger partial charge on any atom is -0.462 e. The van der Waals surface area contributed by atoms with Crippen LogP contribution < -0.4 is 4.74 Å². The van der Waals surface area contributed by atoms with Crippen LogP contribution in [0.1, 0.15) is 50.0 Å². The van der Waals surface area contributed by atoms with Crippen LogP contribution in [0.5, 0.6) is 5.75 Å². The van der Waals surface area contributed by atoms with Crippen LogP contribution in [0.15, 0.2) is 30.4 Å². The van der Waals surface area contributed by atoms with Gasteiger partial charge in [-0.3, -0.25) is 0 Å². The largest absolute Gasteiger partial charge is 0.491 e. The molecule has 7 heteroatoms. The van der Waals surface area contributed by atoms with Gasteiger partial charge < -0.3 is 9.47 Å². The lowest BCUT2D eigenvalue weighted by molar-refractivity contribution is -0.189. The number of benzene rings is 1. The number of carbonyl (C=O) groups is 2. The highest BCUT2D eigenvalue weighted by molar-refractivity contribution is 5.90. The van der Waals surface area contributed by atoms with Crippen molar-refractivity contribution in [3.8, 4) is 5.75 Å². The molecule has 26 heavy (non-hydrogen) atoms. The number of alkyl halides is 3. The third-order valence-electron chi connectivity index (χ3n) is 5.00. The molecule has 1 aliphatic rings. The molecule has 0 saturated heterocycles. The molecule has 0 amide bonds. The van der Waals surface area contributed by atoms with Gasteiger partial charge in [0, 0.05) is 11.0 Å². The summed E-state index contributed by atoms with van der Waals surface area (Å²) in [4.78, 5) is 23.3. The number of hydrogen-bond acceptors (Lipinski definition) is 4. The third-order valence-corrected chi connectivity index (χ3v) is 5.00. The highest BCUT2D eigenvalue weighted by Gasteiger charge is 2.47. The van der Waals surface area contributed by atoms with E-state index in [1.54, 1.807) is 6.92 Å². The zero-order valence-corrected chi connectivity index (χ0v) is 15.1. The lowest BCUT2D eigenvalue weighted by atomic mass is 9.64. The fourth-order valence-electron chi connectivity index (χ4n) is 3.06. The summed E-state index contributed by atoms with van der Waals surface area (Å²) in [7, 11) is 0. The second-order valence-electron chi connectivity index (χ2n) is 6.98. The normalized spacial score (nSPS) is 21.5. The predicted octanol–water partition coefficient (Wildman–Crippen LogP) is 4.57. The average Bonchev–Trinajstić information content (AvgIpc) is 2.80. The van der Waals surface area contributed by atoms with Crippen LogP contribution in [0.2, 0.25) is 0 Å². The average molecular weight is 370 g/mol. The summed E-state index contributed by atoms with van der Waals surface area (Å²) in [5.74, 6) is -3.30. The summed E-state index contributed by atoms with van der Waals surface area (Å²) in [6, 6.07) is 4.13. The molecule has 2 rings (SSSR count). The first-order valence-corrected chi connectivity index (χ1v) is 8.21. The maximum atomic E-state index is 12.7. The second kappa shape index (κ2) is 6.78. The van der Waals surface area contributed by atoms with E-state index in [9.17, 15) is 22.8 Å². The minimum absolute atomic E-state index is 0.0212. The SMILES string of the molecule is CCOC(=O)c1ccc([C@]2(C)CC=CC2(C)C)c(OC(=O)C(F)(F)F)c1. The summed E-state index contributed by atoms with van der Waals surface area (Å²) in [5, 5.41) is 0. The van der Waals surface area contributed by atoms with Crippen molar-refractivity contribution in [2.45, 2.75) is 45.7 Å². The zero-order chi connectivity index (χ0) is 19.8. The summed E-state index contributed by atoms with van der Waals surface area (Å²) in [6.07, 6.45) is -0.660. The van der Waals surface area contributed by atoms with Crippen molar-refractivity contribution < 1.29 is 32.2 Å². The van der Waals surface area contributed by atoms with Gasteiger partial charge in [-0.1, -0.05) is 39.0 Å². The molecule has 1 aromatic rings. The van der Waals surface area contributed by atoms with Crippen molar-refractivity contribution in [3.05, 3.63) is 41.5 Å². The van der Waals surface area contributed by atoms with E-state index in [0.29, 0.717) is 12.0 Å². The molecule has 1 aliphatic carbocycles. The molecule has 0 N–H and O–H groups in total. The van der Waals surface area contributed by atoms with Crippen molar-refractivity contribution in [1.82, 2.24) is 0 Å². The molecular formula is C19H21F3O4. The van der Waals surface area contributed by atoms with E-state index in [1.165, 1.54) is 12.1 Å². The Kier molecular flexibility index (Phi) is 5.21. The monoisotopic (exact) mass is 370 g/mol. The molecule has 4 nitrogen and oxygen atoms in total. The van der Waals surface area contributed by atoms with Crippen molar-refractivity contribution in [1.29, 1.82) is 0 Å². The molecule has 0 heterocycles. The van der Waals surface area contributed by atoms with E-state index in [2.05, 4.69) is 4.74 Å². The Morgan fingerprint density at radius 2 is 1.85 bits per heavy atom. The van der Waals surface area contributed by atoms with Crippen molar-refractivity contribution in [2.75, 3.05) is 6.61 Å². The summed E-state index contributed by atoms with van der Waals surface area (Å²) < 4.78 is 47.6. The molecule has 1 atom stereocenters. The first-order valence-electron chi connectivity index (χ1n) is 8.21. The number of carbonyl (C=O) groups excluding carboxylic acids is 2. The highest BCUT2D eigenvalue weighted by atomic mass is 19.4. The van der Waals surface area contributed by atoms with Crippen LogP contribution in [0.4, 0.5) is 13.2 Å². The maximum Gasteiger partial charge on any atom is 0.491 e. The van der Waals surface area contributed by atoms with Gasteiger partial charge in [-0.15, -0.1) is 0 Å². The van der Waals surface area contributed by atoms with Gasteiger partial charge in [0.05, 0.1) is 12.2 Å². The fraction of sp³-hybridized carbons (Fsp3) is 0.474. The van der Waals surface area contributed by atoms with Gasteiger partial charge in [-0.25, -0.2) is 9.59 Å². The van der Waals surface area contributed by atoms with Gasteiger partial charge in [-0.2, -0.15) is 13.2 Å². The quantitative estimate of drug-likeness (QED) is 0.442. The molecule has 0 bridgehead atoms. The second-order valence-corrected chi connectivity index (χ2v) is 6.98. The van der Waals surface area contributed by atoms with Crippen LogP contribution in [-0.4, -0.2) is 24.7 Å². The Balaban J connectivity index is 2.54. The first kappa shape index (κ1) is 20.0. The van der Waals surface area contributed by atoms with Crippen LogP contribution in [0.3, 0.4) is 0 Å². The molecule has 0 radical (unpaired) electrons. The van der Waals surface area contributed by atoms with Gasteiger partial charge in [-0.05, 0) is 30.9 Å². The molecule has 0 spiro atoms. The predicted molar refractivity (Wildman–Crippen MR) is 89.0 cm³/mol. The van der Waals surface area contributed by atoms with Crippen molar-refractivity contribution >= 4 is 11.9 Å². The van der Waals surface area contributed by atoms with Gasteiger partial charge in [0.2, 0.25) is 0 Å². The summed E-state index contributed by atoms with van der Waals surface area (Å²) >= 11 is 0. The van der Waals surface area contributed by atoms with Crippen LogP contribution in [0, 0.1) is 5.41 Å². The molecular weight excluding hydrogens is 349 g/mol. The van der Waals surface area contributed by atoms with E-state index in [4.69, 9.17) is 4.74 Å². The van der Waals surface area contributed by atoms with Gasteiger partial charge >= 0.3 is 18.1 Å². The number of hydrogen-bond donors (Lipinski definition) is 0. The molecule has 0 fully saturated rings. The maximum absolute atomic E-state index is 12.7. The molecule has 1 aromatic carbocycles. The summed E-state index contributed by atoms with van der Waals surface area (Å²) in [5.41, 5.74) is -0.523. The highest BCUT2D eigenvalue weighted by Crippen LogP contribution is 2.52. The first-order chi connectivity index (χ1) is 11.9. The van der Waals surface area contributed by atoms with Gasteiger partial charge in [0.25, 0.3) is 0 Å². The van der Waals surface area contributed by atoms with Crippen molar-refractivity contribution in [2.24, 2.45) is 5.41 Å². The zero-order valence-electron chi connectivity index (χ0n) is 15.1. The number of esters is 2.